The Labute approximate surface area is 92.7 Å². The molecule has 5 nitrogen and oxygen atoms in total. The Balaban J connectivity index is 2.17. The van der Waals surface area contributed by atoms with Gasteiger partial charge in [-0.2, -0.15) is 0 Å². The van der Waals surface area contributed by atoms with Gasteiger partial charge in [-0.15, -0.1) is 0 Å². The second kappa shape index (κ2) is 4.00. The zero-order valence-corrected chi connectivity index (χ0v) is 8.97. The lowest BCUT2D eigenvalue weighted by Gasteiger charge is -2.19. The first-order valence-electron chi connectivity index (χ1n) is 5.23. The summed E-state index contributed by atoms with van der Waals surface area (Å²) >= 11 is 0. The van der Waals surface area contributed by atoms with Gasteiger partial charge in [0, 0.05) is 12.6 Å². The number of carbonyl (C=O) groups is 2. The second-order valence-electron chi connectivity index (χ2n) is 3.96. The van der Waals surface area contributed by atoms with Gasteiger partial charge in [0.15, 0.2) is 5.76 Å². The summed E-state index contributed by atoms with van der Waals surface area (Å²) in [5.41, 5.74) is 0. The predicted molar refractivity (Wildman–Crippen MR) is 55.4 cm³/mol. The Morgan fingerprint density at radius 1 is 1.44 bits per heavy atom. The van der Waals surface area contributed by atoms with E-state index >= 15 is 0 Å². The smallest absolute Gasteiger partial charge is 0.371 e. The van der Waals surface area contributed by atoms with Crippen molar-refractivity contribution in [2.24, 2.45) is 0 Å². The maximum absolute atomic E-state index is 11.9. The third-order valence-electron chi connectivity index (χ3n) is 2.84. The summed E-state index contributed by atoms with van der Waals surface area (Å²) in [5.74, 6) is -1.48. The molecular formula is C11H13NO4. The first-order valence-corrected chi connectivity index (χ1v) is 5.23. The molecular weight excluding hydrogens is 210 g/mol. The van der Waals surface area contributed by atoms with E-state index in [9.17, 15) is 9.59 Å². The summed E-state index contributed by atoms with van der Waals surface area (Å²) in [6.07, 6.45) is 1.97. The van der Waals surface area contributed by atoms with Crippen LogP contribution >= 0.6 is 0 Å². The molecule has 1 fully saturated rings. The van der Waals surface area contributed by atoms with Crippen molar-refractivity contribution in [1.82, 2.24) is 4.90 Å². The maximum atomic E-state index is 11.9. The lowest BCUT2D eigenvalue weighted by atomic mass is 10.2. The summed E-state index contributed by atoms with van der Waals surface area (Å²) in [6, 6.07) is 2.92. The zero-order valence-electron chi connectivity index (χ0n) is 8.97. The van der Waals surface area contributed by atoms with Gasteiger partial charge in [-0.25, -0.2) is 4.79 Å². The number of likely N-dealkylation sites (tertiary alicyclic amines) is 1. The summed E-state index contributed by atoms with van der Waals surface area (Å²) in [4.78, 5) is 24.2. The molecule has 1 amide bonds. The van der Waals surface area contributed by atoms with E-state index in [4.69, 9.17) is 9.52 Å². The number of nitrogens with zero attached hydrogens (tertiary/aromatic N) is 1. The van der Waals surface area contributed by atoms with Crippen molar-refractivity contribution in [2.75, 3.05) is 6.54 Å². The van der Waals surface area contributed by atoms with E-state index in [1.807, 2.05) is 6.92 Å². The molecule has 0 aromatic carbocycles. The van der Waals surface area contributed by atoms with E-state index in [1.54, 1.807) is 4.90 Å². The molecule has 86 valence electrons. The highest BCUT2D eigenvalue weighted by molar-refractivity contribution is 5.93. The standard InChI is InChI=1S/C11H13NO4/c1-7-3-2-6-12(7)10(13)8-4-5-9(16-8)11(14)15/h4-5,7H,2-3,6H2,1H3,(H,14,15). The Morgan fingerprint density at radius 2 is 2.12 bits per heavy atom. The third-order valence-corrected chi connectivity index (χ3v) is 2.84. The van der Waals surface area contributed by atoms with Crippen LogP contribution in [0.3, 0.4) is 0 Å². The number of rotatable bonds is 2. The van der Waals surface area contributed by atoms with Gasteiger partial charge in [0.25, 0.3) is 5.91 Å². The van der Waals surface area contributed by atoms with Crippen LogP contribution < -0.4 is 0 Å². The fourth-order valence-electron chi connectivity index (χ4n) is 1.94. The molecule has 1 aromatic rings. The van der Waals surface area contributed by atoms with Gasteiger partial charge >= 0.3 is 5.97 Å². The highest BCUT2D eigenvalue weighted by atomic mass is 16.4. The number of aromatic carboxylic acids is 1. The second-order valence-corrected chi connectivity index (χ2v) is 3.96. The molecule has 0 radical (unpaired) electrons. The highest BCUT2D eigenvalue weighted by Crippen LogP contribution is 2.20. The topological polar surface area (TPSA) is 70.8 Å². The number of amides is 1. The molecule has 16 heavy (non-hydrogen) atoms. The molecule has 1 aliphatic heterocycles. The van der Waals surface area contributed by atoms with Crippen molar-refractivity contribution in [3.05, 3.63) is 23.7 Å². The van der Waals surface area contributed by atoms with Crippen LogP contribution in [-0.2, 0) is 0 Å². The minimum atomic E-state index is -1.16. The van der Waals surface area contributed by atoms with Crippen LogP contribution in [0.4, 0.5) is 0 Å². The molecule has 1 saturated heterocycles. The molecule has 0 aliphatic carbocycles. The largest absolute Gasteiger partial charge is 0.475 e. The molecule has 0 saturated carbocycles. The molecule has 2 heterocycles. The van der Waals surface area contributed by atoms with Gasteiger partial charge in [-0.05, 0) is 31.9 Å². The molecule has 1 N–H and O–H groups in total. The van der Waals surface area contributed by atoms with E-state index in [2.05, 4.69) is 0 Å². The minimum Gasteiger partial charge on any atom is -0.475 e. The van der Waals surface area contributed by atoms with Crippen molar-refractivity contribution < 1.29 is 19.1 Å². The number of carboxylic acids is 1. The molecule has 1 atom stereocenters. The number of hydrogen-bond acceptors (Lipinski definition) is 3. The van der Waals surface area contributed by atoms with Gasteiger partial charge in [0.2, 0.25) is 5.76 Å². The van der Waals surface area contributed by atoms with Crippen molar-refractivity contribution in [1.29, 1.82) is 0 Å². The van der Waals surface area contributed by atoms with E-state index in [0.29, 0.717) is 6.54 Å². The Bertz CT molecular complexity index is 423. The third kappa shape index (κ3) is 1.80. The normalized spacial score (nSPS) is 20.1. The van der Waals surface area contributed by atoms with Crippen molar-refractivity contribution in [3.8, 4) is 0 Å². The number of carbonyl (C=O) groups excluding carboxylic acids is 1. The predicted octanol–water partition coefficient (Wildman–Crippen LogP) is 1.60. The van der Waals surface area contributed by atoms with Gasteiger partial charge in [0.05, 0.1) is 0 Å². The summed E-state index contributed by atoms with van der Waals surface area (Å²) in [6.45, 7) is 2.69. The molecule has 0 bridgehead atoms. The van der Waals surface area contributed by atoms with E-state index in [1.165, 1.54) is 12.1 Å². The average molecular weight is 223 g/mol. The van der Waals surface area contributed by atoms with Crippen LogP contribution in [-0.4, -0.2) is 34.5 Å². The van der Waals surface area contributed by atoms with Crippen LogP contribution in [0.5, 0.6) is 0 Å². The molecule has 1 aromatic heterocycles. The SMILES string of the molecule is CC1CCCN1C(=O)c1ccc(C(=O)O)o1. The summed E-state index contributed by atoms with van der Waals surface area (Å²) in [5, 5.41) is 8.68. The minimum absolute atomic E-state index is 0.103. The Morgan fingerprint density at radius 3 is 2.62 bits per heavy atom. The van der Waals surface area contributed by atoms with Crippen LogP contribution in [0.15, 0.2) is 16.5 Å². The van der Waals surface area contributed by atoms with Crippen molar-refractivity contribution >= 4 is 11.9 Å². The van der Waals surface area contributed by atoms with Crippen LogP contribution in [0, 0.1) is 0 Å². The van der Waals surface area contributed by atoms with Gasteiger partial charge in [0.1, 0.15) is 0 Å². The van der Waals surface area contributed by atoms with Crippen LogP contribution in [0.1, 0.15) is 40.9 Å². The monoisotopic (exact) mass is 223 g/mol. The van der Waals surface area contributed by atoms with Gasteiger partial charge < -0.3 is 14.4 Å². The fraction of sp³-hybridized carbons (Fsp3) is 0.455. The molecule has 1 aliphatic rings. The summed E-state index contributed by atoms with van der Waals surface area (Å²) in [7, 11) is 0. The van der Waals surface area contributed by atoms with Crippen molar-refractivity contribution in [3.63, 3.8) is 0 Å². The van der Waals surface area contributed by atoms with Gasteiger partial charge in [-0.1, -0.05) is 0 Å². The first kappa shape index (κ1) is 10.7. The van der Waals surface area contributed by atoms with Crippen molar-refractivity contribution in [2.45, 2.75) is 25.8 Å². The molecule has 5 heteroatoms. The quantitative estimate of drug-likeness (QED) is 0.826. The van der Waals surface area contributed by atoms with Crippen LogP contribution in [0.25, 0.3) is 0 Å². The first-order chi connectivity index (χ1) is 7.59. The Kier molecular flexibility index (Phi) is 2.68. The average Bonchev–Trinajstić information content (AvgIpc) is 2.84. The zero-order chi connectivity index (χ0) is 11.7. The van der Waals surface area contributed by atoms with Gasteiger partial charge in [-0.3, -0.25) is 4.79 Å². The molecule has 2 rings (SSSR count). The van der Waals surface area contributed by atoms with Crippen LogP contribution in [0.2, 0.25) is 0 Å². The lowest BCUT2D eigenvalue weighted by Crippen LogP contribution is -2.33. The fourth-order valence-corrected chi connectivity index (χ4v) is 1.94. The Hall–Kier alpha value is -1.78. The molecule has 0 spiro atoms. The number of carboxylic acid groups (broad SMARTS) is 1. The molecule has 1 unspecified atom stereocenters. The lowest BCUT2D eigenvalue weighted by molar-refractivity contribution is 0.0648. The van der Waals surface area contributed by atoms with E-state index in [0.717, 1.165) is 12.8 Å². The van der Waals surface area contributed by atoms with E-state index < -0.39 is 5.97 Å². The maximum Gasteiger partial charge on any atom is 0.371 e. The van der Waals surface area contributed by atoms with E-state index in [-0.39, 0.29) is 23.5 Å². The highest BCUT2D eigenvalue weighted by Gasteiger charge is 2.28. The number of furan rings is 1. The summed E-state index contributed by atoms with van der Waals surface area (Å²) < 4.78 is 4.98. The number of hydrogen-bond donors (Lipinski definition) is 1.